The van der Waals surface area contributed by atoms with Gasteiger partial charge < -0.3 is 15.8 Å². The van der Waals surface area contributed by atoms with Gasteiger partial charge in [0.1, 0.15) is 12.9 Å². The van der Waals surface area contributed by atoms with Crippen LogP contribution in [0.2, 0.25) is 10.0 Å². The molecule has 4 aromatic rings. The lowest BCUT2D eigenvalue weighted by molar-refractivity contribution is 0.168. The average Bonchev–Trinajstić information content (AvgIpc) is 2.75. The molecular weight excluding hydrogens is 441 g/mol. The summed E-state index contributed by atoms with van der Waals surface area (Å²) in [7, 11) is 1.35. The van der Waals surface area contributed by atoms with Crippen molar-refractivity contribution in [1.29, 1.82) is 0 Å². The van der Waals surface area contributed by atoms with E-state index >= 15 is 0 Å². The molecule has 0 radical (unpaired) electrons. The van der Waals surface area contributed by atoms with Gasteiger partial charge in [-0.25, -0.2) is 9.97 Å². The van der Waals surface area contributed by atoms with E-state index in [-0.39, 0.29) is 17.0 Å². The van der Waals surface area contributed by atoms with Crippen molar-refractivity contribution in [2.24, 2.45) is 5.16 Å². The van der Waals surface area contributed by atoms with Gasteiger partial charge in [0.05, 0.1) is 27.2 Å². The van der Waals surface area contributed by atoms with Crippen LogP contribution in [-0.2, 0) is 0 Å². The quantitative estimate of drug-likeness (QED) is 0.274. The van der Waals surface area contributed by atoms with E-state index in [4.69, 9.17) is 39.0 Å². The van der Waals surface area contributed by atoms with E-state index in [9.17, 15) is 4.79 Å². The molecule has 8 nitrogen and oxygen atoms in total. The van der Waals surface area contributed by atoms with Gasteiger partial charge in [0.25, 0.3) is 5.56 Å². The fourth-order valence-corrected chi connectivity index (χ4v) is 3.80. The Morgan fingerprint density at radius 1 is 1.13 bits per heavy atom. The molecule has 2 aromatic heterocycles. The monoisotopic (exact) mass is 455 g/mol. The maximum absolute atomic E-state index is 13.2. The topological polar surface area (TPSA) is 116 Å². The minimum Gasteiger partial charge on any atom is -0.412 e. The van der Waals surface area contributed by atoms with Gasteiger partial charge >= 0.3 is 0 Å². The van der Waals surface area contributed by atoms with Crippen LogP contribution in [-0.4, -0.2) is 33.2 Å². The first-order valence-corrected chi connectivity index (χ1v) is 9.70. The number of nitrogens with zero attached hydrogens (tertiary/aromatic N) is 4. The second-order valence-corrected chi connectivity index (χ2v) is 7.29. The van der Waals surface area contributed by atoms with Crippen molar-refractivity contribution in [3.8, 4) is 22.5 Å². The highest BCUT2D eigenvalue weighted by atomic mass is 35.5. The van der Waals surface area contributed by atoms with E-state index in [0.29, 0.717) is 37.9 Å². The molecule has 0 unspecified atom stereocenters. The summed E-state index contributed by atoms with van der Waals surface area (Å²) < 4.78 is 1.03. The highest BCUT2D eigenvalue weighted by molar-refractivity contribution is 6.39. The SMILES string of the molecule is COn1c(=O)c(-c2c(Cl)cccc2Cl)cc2c(N)nc(-c3ccc(C=NO)cc3)nc21. The van der Waals surface area contributed by atoms with Crippen molar-refractivity contribution in [3.63, 3.8) is 0 Å². The third-order valence-electron chi connectivity index (χ3n) is 4.64. The molecule has 0 aliphatic heterocycles. The molecule has 4 rings (SSSR count). The lowest BCUT2D eigenvalue weighted by Gasteiger charge is -2.14. The van der Waals surface area contributed by atoms with Crippen LogP contribution in [0.25, 0.3) is 33.5 Å². The van der Waals surface area contributed by atoms with Crippen LogP contribution in [0.3, 0.4) is 0 Å². The number of nitrogen functional groups attached to an aromatic ring is 1. The molecule has 0 bridgehead atoms. The van der Waals surface area contributed by atoms with Crippen molar-refractivity contribution < 1.29 is 10.0 Å². The molecular formula is C21H15Cl2N5O3. The van der Waals surface area contributed by atoms with Crippen LogP contribution >= 0.6 is 23.2 Å². The molecule has 0 amide bonds. The smallest absolute Gasteiger partial charge is 0.293 e. The van der Waals surface area contributed by atoms with Crippen LogP contribution in [0.15, 0.2) is 58.5 Å². The highest BCUT2D eigenvalue weighted by Gasteiger charge is 2.20. The lowest BCUT2D eigenvalue weighted by Crippen LogP contribution is -2.27. The van der Waals surface area contributed by atoms with Gasteiger partial charge in [-0.05, 0) is 23.8 Å². The number of nitrogens with two attached hydrogens (primary N) is 1. The van der Waals surface area contributed by atoms with Crippen molar-refractivity contribution >= 4 is 46.3 Å². The van der Waals surface area contributed by atoms with E-state index in [1.807, 2.05) is 0 Å². The Morgan fingerprint density at radius 2 is 1.81 bits per heavy atom. The maximum atomic E-state index is 13.2. The van der Waals surface area contributed by atoms with Crippen molar-refractivity contribution in [3.05, 3.63) is 74.5 Å². The number of fused-ring (bicyclic) bond motifs is 1. The van der Waals surface area contributed by atoms with Gasteiger partial charge in [0.2, 0.25) is 0 Å². The number of anilines is 1. The molecule has 0 aliphatic carbocycles. The van der Waals surface area contributed by atoms with Crippen LogP contribution in [0.5, 0.6) is 0 Å². The van der Waals surface area contributed by atoms with Gasteiger partial charge in [-0.2, -0.15) is 0 Å². The van der Waals surface area contributed by atoms with Crippen LogP contribution in [0.1, 0.15) is 5.56 Å². The number of hydrogen-bond acceptors (Lipinski definition) is 7. The number of benzene rings is 2. The number of oxime groups is 1. The molecule has 0 spiro atoms. The zero-order valence-corrected chi connectivity index (χ0v) is 17.6. The number of halogens is 2. The molecule has 0 fully saturated rings. The first-order chi connectivity index (χ1) is 14.9. The summed E-state index contributed by atoms with van der Waals surface area (Å²) in [5, 5.41) is 12.7. The Hall–Kier alpha value is -3.62. The first-order valence-electron chi connectivity index (χ1n) is 8.94. The molecule has 0 saturated carbocycles. The molecule has 10 heteroatoms. The Balaban J connectivity index is 1.97. The number of rotatable bonds is 4. The van der Waals surface area contributed by atoms with E-state index in [1.165, 1.54) is 13.3 Å². The van der Waals surface area contributed by atoms with Gasteiger partial charge in [-0.3, -0.25) is 4.79 Å². The minimum absolute atomic E-state index is 0.149. The third kappa shape index (κ3) is 3.67. The normalized spacial score (nSPS) is 11.3. The van der Waals surface area contributed by atoms with E-state index in [2.05, 4.69) is 15.1 Å². The summed E-state index contributed by atoms with van der Waals surface area (Å²) in [5.74, 6) is 0.447. The van der Waals surface area contributed by atoms with E-state index < -0.39 is 5.56 Å². The van der Waals surface area contributed by atoms with Crippen molar-refractivity contribution in [2.45, 2.75) is 0 Å². The standard InChI is InChI=1S/C21H15Cl2N5O3/c1-31-28-20-14(9-13(21(28)29)17-15(22)3-2-4-16(17)23)18(24)26-19(27-20)12-7-5-11(6-8-12)10-25-30/h2-10,30H,1H3,(H2,24,26,27). The predicted octanol–water partition coefficient (Wildman–Crippen LogP) is 3.88. The Labute approximate surface area is 186 Å². The van der Waals surface area contributed by atoms with Crippen molar-refractivity contribution in [1.82, 2.24) is 14.7 Å². The maximum Gasteiger partial charge on any atom is 0.293 e. The van der Waals surface area contributed by atoms with Gasteiger partial charge in [-0.1, -0.05) is 58.7 Å². The largest absolute Gasteiger partial charge is 0.412 e. The summed E-state index contributed by atoms with van der Waals surface area (Å²) in [6.07, 6.45) is 1.29. The van der Waals surface area contributed by atoms with Crippen LogP contribution < -0.4 is 16.1 Å². The van der Waals surface area contributed by atoms with Crippen LogP contribution in [0.4, 0.5) is 5.82 Å². The summed E-state index contributed by atoms with van der Waals surface area (Å²) in [6, 6.07) is 13.5. The fraction of sp³-hybridized carbons (Fsp3) is 0.0476. The summed E-state index contributed by atoms with van der Waals surface area (Å²) >= 11 is 12.6. The van der Waals surface area contributed by atoms with E-state index in [1.54, 1.807) is 48.5 Å². The van der Waals surface area contributed by atoms with Crippen molar-refractivity contribution in [2.75, 3.05) is 12.8 Å². The highest BCUT2D eigenvalue weighted by Crippen LogP contribution is 2.34. The van der Waals surface area contributed by atoms with Gasteiger partial charge in [-0.15, -0.1) is 4.73 Å². The third-order valence-corrected chi connectivity index (χ3v) is 5.27. The fourth-order valence-electron chi connectivity index (χ4n) is 3.20. The summed E-state index contributed by atoms with van der Waals surface area (Å²) in [5.41, 5.74) is 7.84. The molecule has 0 saturated heterocycles. The Bertz CT molecular complexity index is 1360. The molecule has 3 N–H and O–H groups in total. The van der Waals surface area contributed by atoms with Gasteiger partial charge in [0, 0.05) is 11.1 Å². The summed E-state index contributed by atoms with van der Waals surface area (Å²) in [4.78, 5) is 27.4. The van der Waals surface area contributed by atoms with Gasteiger partial charge in [0.15, 0.2) is 11.5 Å². The van der Waals surface area contributed by atoms with E-state index in [0.717, 1.165) is 4.73 Å². The second kappa shape index (κ2) is 8.25. The second-order valence-electron chi connectivity index (χ2n) is 6.47. The molecule has 2 aromatic carbocycles. The first kappa shape index (κ1) is 20.6. The van der Waals surface area contributed by atoms with Crippen LogP contribution in [0, 0.1) is 0 Å². The molecule has 156 valence electrons. The zero-order valence-electron chi connectivity index (χ0n) is 16.1. The molecule has 0 aliphatic rings. The molecule has 31 heavy (non-hydrogen) atoms. The zero-order chi connectivity index (χ0) is 22.1. The molecule has 2 heterocycles. The minimum atomic E-state index is -0.497. The average molecular weight is 456 g/mol. The number of hydrogen-bond donors (Lipinski definition) is 2. The Kier molecular flexibility index (Phi) is 5.50. The lowest BCUT2D eigenvalue weighted by atomic mass is 10.1. The Morgan fingerprint density at radius 3 is 2.42 bits per heavy atom. The number of pyridine rings is 1. The summed E-state index contributed by atoms with van der Waals surface area (Å²) in [6.45, 7) is 0. The number of aromatic nitrogens is 3. The molecule has 0 atom stereocenters. The predicted molar refractivity (Wildman–Crippen MR) is 121 cm³/mol.